The van der Waals surface area contributed by atoms with Crippen molar-refractivity contribution >= 4 is 17.2 Å². The van der Waals surface area contributed by atoms with E-state index in [-0.39, 0.29) is 31.2 Å². The fraction of sp³-hybridized carbons (Fsp3) is 0.500. The molecule has 3 rings (SSSR count). The summed E-state index contributed by atoms with van der Waals surface area (Å²) < 4.78 is 16.8. The molecule has 2 atom stereocenters. The molecule has 8 heteroatoms. The number of carbonyl (C=O) groups is 1. The van der Waals surface area contributed by atoms with E-state index in [9.17, 15) is 9.90 Å². The van der Waals surface area contributed by atoms with Gasteiger partial charge in [0, 0.05) is 24.5 Å². The zero-order chi connectivity index (χ0) is 24.5. The van der Waals surface area contributed by atoms with Crippen LogP contribution in [0, 0.1) is 0 Å². The number of amides is 1. The van der Waals surface area contributed by atoms with Crippen molar-refractivity contribution in [2.45, 2.75) is 38.5 Å². The average Bonchev–Trinajstić information content (AvgIpc) is 3.30. The van der Waals surface area contributed by atoms with Crippen LogP contribution in [0.4, 0.5) is 0 Å². The van der Waals surface area contributed by atoms with Crippen LogP contribution in [0.5, 0.6) is 11.5 Å². The Morgan fingerprint density at radius 2 is 2.03 bits per heavy atom. The lowest BCUT2D eigenvalue weighted by Crippen LogP contribution is -2.48. The van der Waals surface area contributed by atoms with E-state index in [2.05, 4.69) is 18.0 Å². The first kappa shape index (κ1) is 26.2. The second-order valence-electron chi connectivity index (χ2n) is 8.66. The molecular formula is C26H36N2O5S. The lowest BCUT2D eigenvalue weighted by atomic mass is 10.0. The molecule has 0 radical (unpaired) electrons. The third-order valence-electron chi connectivity index (χ3n) is 5.72. The monoisotopic (exact) mass is 488 g/mol. The van der Waals surface area contributed by atoms with Crippen LogP contribution >= 0.6 is 11.3 Å². The zero-order valence-electron chi connectivity index (χ0n) is 20.3. The van der Waals surface area contributed by atoms with E-state index in [4.69, 9.17) is 14.2 Å². The Balaban J connectivity index is 1.67. The zero-order valence-corrected chi connectivity index (χ0v) is 21.1. The van der Waals surface area contributed by atoms with Crippen molar-refractivity contribution in [1.82, 2.24) is 9.80 Å². The number of hydrogen-bond acceptors (Lipinski definition) is 7. The molecule has 0 spiro atoms. The van der Waals surface area contributed by atoms with Crippen molar-refractivity contribution in [3.05, 3.63) is 58.8 Å². The van der Waals surface area contributed by atoms with Gasteiger partial charge in [0.15, 0.2) is 0 Å². The molecule has 1 aliphatic heterocycles. The number of hydrogen-bond donors (Lipinski definition) is 1. The molecule has 2 aromatic rings. The Bertz CT molecular complexity index is 914. The van der Waals surface area contributed by atoms with Gasteiger partial charge in [-0.1, -0.05) is 6.08 Å². The Kier molecular flexibility index (Phi) is 9.95. The number of benzene rings is 1. The second kappa shape index (κ2) is 12.9. The molecule has 0 saturated heterocycles. The number of carbonyl (C=O) groups excluding carboxylic acids is 1. The van der Waals surface area contributed by atoms with Gasteiger partial charge < -0.3 is 24.2 Å². The van der Waals surface area contributed by atoms with E-state index in [1.54, 1.807) is 24.5 Å². The molecule has 7 nitrogen and oxygen atoms in total. The normalized spacial score (nSPS) is 16.4. The number of fused-ring (bicyclic) bond motifs is 1. The van der Waals surface area contributed by atoms with Crippen molar-refractivity contribution in [2.24, 2.45) is 0 Å². The topological polar surface area (TPSA) is 71.5 Å². The largest absolute Gasteiger partial charge is 0.497 e. The quantitative estimate of drug-likeness (QED) is 0.435. The summed E-state index contributed by atoms with van der Waals surface area (Å²) in [6, 6.07) is 9.39. The highest BCUT2D eigenvalue weighted by atomic mass is 32.1. The highest BCUT2D eigenvalue weighted by molar-refractivity contribution is 7.10. The van der Waals surface area contributed by atoms with Crippen LogP contribution in [0.25, 0.3) is 0 Å². The maximum absolute atomic E-state index is 13.4. The SMILES string of the molecule is C=CCN(CC(=O)N1CCc2sccc2[C@@H]1COc1ccc(OC)cc1)C[C@H](O)COC(C)C. The number of rotatable bonds is 13. The van der Waals surface area contributed by atoms with E-state index < -0.39 is 6.10 Å². The predicted molar refractivity (Wildman–Crippen MR) is 135 cm³/mol. The summed E-state index contributed by atoms with van der Waals surface area (Å²) in [5.41, 5.74) is 1.15. The molecule has 1 N–H and O–H groups in total. The maximum Gasteiger partial charge on any atom is 0.237 e. The van der Waals surface area contributed by atoms with Gasteiger partial charge >= 0.3 is 0 Å². The second-order valence-corrected chi connectivity index (χ2v) is 9.66. The fourth-order valence-corrected chi connectivity index (χ4v) is 4.97. The Morgan fingerprint density at radius 1 is 1.29 bits per heavy atom. The number of methoxy groups -OCH3 is 1. The molecule has 0 aliphatic carbocycles. The highest BCUT2D eigenvalue weighted by Crippen LogP contribution is 2.34. The van der Waals surface area contributed by atoms with Crippen LogP contribution < -0.4 is 9.47 Å². The van der Waals surface area contributed by atoms with Gasteiger partial charge in [0.1, 0.15) is 18.1 Å². The van der Waals surface area contributed by atoms with E-state index in [1.807, 2.05) is 47.9 Å². The molecular weight excluding hydrogens is 452 g/mol. The molecule has 0 saturated carbocycles. The number of nitrogens with zero attached hydrogens (tertiary/aromatic N) is 2. The van der Waals surface area contributed by atoms with Crippen molar-refractivity contribution in [1.29, 1.82) is 0 Å². The first-order valence-corrected chi connectivity index (χ1v) is 12.5. The number of aliphatic hydroxyl groups is 1. The summed E-state index contributed by atoms with van der Waals surface area (Å²) in [5.74, 6) is 1.52. The number of thiophene rings is 1. The molecule has 0 unspecified atom stereocenters. The lowest BCUT2D eigenvalue weighted by molar-refractivity contribution is -0.136. The van der Waals surface area contributed by atoms with Gasteiger partial charge in [0.25, 0.3) is 0 Å². The average molecular weight is 489 g/mol. The van der Waals surface area contributed by atoms with Crippen LogP contribution in [0.2, 0.25) is 0 Å². The first-order chi connectivity index (χ1) is 16.4. The standard InChI is InChI=1S/C26H36N2O5S/c1-5-12-27(15-20(29)17-32-19(2)3)16-26(30)28-13-10-25-23(11-14-34-25)24(28)18-33-22-8-6-21(31-4)7-9-22/h5-9,11,14,19-20,24,29H,1,10,12-13,15-18H2,2-4H3/t20-,24-/m0/s1. The maximum atomic E-state index is 13.4. The van der Waals surface area contributed by atoms with E-state index in [1.165, 1.54) is 4.88 Å². The van der Waals surface area contributed by atoms with Gasteiger partial charge in [-0.3, -0.25) is 9.69 Å². The van der Waals surface area contributed by atoms with Gasteiger partial charge in [-0.05, 0) is 61.5 Å². The van der Waals surface area contributed by atoms with Gasteiger partial charge in [-0.15, -0.1) is 17.9 Å². The van der Waals surface area contributed by atoms with E-state index in [0.717, 1.165) is 23.5 Å². The minimum Gasteiger partial charge on any atom is -0.497 e. The minimum absolute atomic E-state index is 0.0130. The summed E-state index contributed by atoms with van der Waals surface area (Å²) in [5, 5.41) is 12.4. The van der Waals surface area contributed by atoms with Crippen molar-refractivity contribution in [3.63, 3.8) is 0 Å². The third kappa shape index (κ3) is 7.30. The predicted octanol–water partition coefficient (Wildman–Crippen LogP) is 3.54. The summed E-state index contributed by atoms with van der Waals surface area (Å²) in [4.78, 5) is 18.6. The summed E-state index contributed by atoms with van der Waals surface area (Å²) >= 11 is 1.73. The fourth-order valence-electron chi connectivity index (χ4n) is 4.04. The summed E-state index contributed by atoms with van der Waals surface area (Å²) in [6.07, 6.45) is 1.96. The first-order valence-electron chi connectivity index (χ1n) is 11.7. The molecule has 0 bridgehead atoms. The Labute approximate surface area is 206 Å². The summed E-state index contributed by atoms with van der Waals surface area (Å²) in [6.45, 7) is 9.97. The molecule has 1 aromatic carbocycles. The van der Waals surface area contributed by atoms with E-state index in [0.29, 0.717) is 26.2 Å². The van der Waals surface area contributed by atoms with Crippen LogP contribution in [-0.4, -0.2) is 79.5 Å². The van der Waals surface area contributed by atoms with Gasteiger partial charge in [0.2, 0.25) is 5.91 Å². The van der Waals surface area contributed by atoms with Gasteiger partial charge in [-0.25, -0.2) is 0 Å². The molecule has 34 heavy (non-hydrogen) atoms. The van der Waals surface area contributed by atoms with E-state index >= 15 is 0 Å². The van der Waals surface area contributed by atoms with Gasteiger partial charge in [-0.2, -0.15) is 0 Å². The van der Waals surface area contributed by atoms with Gasteiger partial charge in [0.05, 0.1) is 38.5 Å². The van der Waals surface area contributed by atoms with Crippen LogP contribution in [0.1, 0.15) is 30.3 Å². The smallest absolute Gasteiger partial charge is 0.237 e. The lowest BCUT2D eigenvalue weighted by Gasteiger charge is -2.37. The molecule has 1 aromatic heterocycles. The van der Waals surface area contributed by atoms with Crippen molar-refractivity contribution in [2.75, 3.05) is 46.5 Å². The van der Waals surface area contributed by atoms with Crippen molar-refractivity contribution < 1.29 is 24.1 Å². The minimum atomic E-state index is -0.672. The third-order valence-corrected chi connectivity index (χ3v) is 6.72. The molecule has 1 amide bonds. The molecule has 186 valence electrons. The summed E-state index contributed by atoms with van der Waals surface area (Å²) in [7, 11) is 1.63. The van der Waals surface area contributed by atoms with Crippen LogP contribution in [0.3, 0.4) is 0 Å². The number of ether oxygens (including phenoxy) is 3. The highest BCUT2D eigenvalue weighted by Gasteiger charge is 2.33. The van der Waals surface area contributed by atoms with Crippen LogP contribution in [0.15, 0.2) is 48.4 Å². The van der Waals surface area contributed by atoms with Crippen molar-refractivity contribution in [3.8, 4) is 11.5 Å². The Hall–Kier alpha value is -2.39. The molecule has 2 heterocycles. The Morgan fingerprint density at radius 3 is 2.71 bits per heavy atom. The molecule has 1 aliphatic rings. The molecule has 0 fully saturated rings. The number of aliphatic hydroxyl groups excluding tert-OH is 1. The van der Waals surface area contributed by atoms with Crippen LogP contribution in [-0.2, 0) is 16.0 Å².